The van der Waals surface area contributed by atoms with Gasteiger partial charge >= 0.3 is 0 Å². The van der Waals surface area contributed by atoms with Gasteiger partial charge in [-0.3, -0.25) is 28.8 Å². The molecular formula is C80H168N6O22. The Bertz CT molecular complexity index is 1930. The van der Waals surface area contributed by atoms with Crippen molar-refractivity contribution < 1.29 is 110 Å². The van der Waals surface area contributed by atoms with E-state index < -0.39 is 121 Å². The zero-order valence-corrected chi connectivity index (χ0v) is 70.9. The first-order chi connectivity index (χ1) is 51.5. The molecule has 0 rings (SSSR count). The lowest BCUT2D eigenvalue weighted by atomic mass is 10.0. The van der Waals surface area contributed by atoms with Gasteiger partial charge in [0.15, 0.2) is 0 Å². The molecule has 0 radical (unpaired) electrons. The lowest BCUT2D eigenvalue weighted by Crippen LogP contribution is -2.49. The van der Waals surface area contributed by atoms with Crippen LogP contribution in [0.4, 0.5) is 0 Å². The van der Waals surface area contributed by atoms with Crippen LogP contribution in [0.15, 0.2) is 36.5 Å². The fourth-order valence-corrected chi connectivity index (χ4v) is 8.55. The van der Waals surface area contributed by atoms with Crippen LogP contribution in [0.25, 0.3) is 0 Å². The largest absolute Gasteiger partial charge is 0.394 e. The summed E-state index contributed by atoms with van der Waals surface area (Å²) in [6.07, 6.45) is 19.1. The summed E-state index contributed by atoms with van der Waals surface area (Å²) in [6.45, 7) is 37.5. The molecule has 0 spiro atoms. The predicted molar refractivity (Wildman–Crippen MR) is 435 cm³/mol. The first-order valence-electron chi connectivity index (χ1n) is 40.8. The number of aliphatic hydroxyl groups is 16. The average Bonchev–Trinajstić information content (AvgIpc) is 0.943. The minimum absolute atomic E-state index is 0.0866. The molecule has 0 saturated heterocycles. The Kier molecular flexibility index (Phi) is 109. The standard InChI is InChI=1S/2C12H25NO4.2C12H23NO4.C12H25NO3.C12H23NO3.4C2H6/c4*1-3-5-7-10(15)9(8-14)13-12(17)11(16)6-4-2;2*1-3-5-7-11(15)10(9-14)13-12(16)8-6-4-2;4*1-2/h2*9-11,14-16H,3-8H2,1-2H3,(H,13,17);2*5,7,9-11,14-16H,3-4,6,8H2,1-2H3,(H,13,17);10-11,14-15H,3-9H2,1-2H3,(H,13,16);5,7,10-11,14-15H,3-4,6,8-9H2,1-2H3,(H,13,16);4*1-2H3/b;;2*7-5+;;7-5+;;;;/t9-,10+,11+;9-,10+,11-;9-,10+,11+;9-,10+,11-;2*10-,11+;;;;/m000000..../s1. The van der Waals surface area contributed by atoms with E-state index in [0.29, 0.717) is 83.5 Å². The average molecular weight is 1570 g/mol. The number of hydrogen-bond acceptors (Lipinski definition) is 22. The van der Waals surface area contributed by atoms with Gasteiger partial charge < -0.3 is 114 Å². The van der Waals surface area contributed by atoms with Crippen LogP contribution in [-0.4, -0.2) is 254 Å². The molecule has 108 heavy (non-hydrogen) atoms. The quantitative estimate of drug-likeness (QED) is 0.0287. The maximum absolute atomic E-state index is 11.5. The Morgan fingerprint density at radius 2 is 0.444 bits per heavy atom. The molecule has 0 aliphatic carbocycles. The molecule has 0 saturated carbocycles. The molecule has 0 unspecified atom stereocenters. The highest BCUT2D eigenvalue weighted by Gasteiger charge is 2.27. The van der Waals surface area contributed by atoms with Crippen LogP contribution in [0.1, 0.15) is 305 Å². The molecule has 0 aliphatic rings. The number of allylic oxidation sites excluding steroid dienone is 3. The number of aliphatic hydroxyl groups excluding tert-OH is 16. The van der Waals surface area contributed by atoms with Gasteiger partial charge in [0.1, 0.15) is 24.4 Å². The van der Waals surface area contributed by atoms with E-state index in [4.69, 9.17) is 30.6 Å². The highest BCUT2D eigenvalue weighted by molar-refractivity contribution is 5.82. The Morgan fingerprint density at radius 3 is 0.630 bits per heavy atom. The van der Waals surface area contributed by atoms with Crippen LogP contribution < -0.4 is 31.9 Å². The number of nitrogens with one attached hydrogen (secondary N) is 6. The van der Waals surface area contributed by atoms with Gasteiger partial charge in [-0.25, -0.2) is 0 Å². The van der Waals surface area contributed by atoms with E-state index in [0.717, 1.165) is 83.5 Å². The molecule has 28 heteroatoms. The first kappa shape index (κ1) is 124. The van der Waals surface area contributed by atoms with Crippen molar-refractivity contribution in [3.63, 3.8) is 0 Å². The normalized spacial score (nSPS) is 15.0. The van der Waals surface area contributed by atoms with Gasteiger partial charge in [-0.1, -0.05) is 252 Å². The van der Waals surface area contributed by atoms with Crippen molar-refractivity contribution >= 4 is 35.4 Å². The number of unbranched alkanes of at least 4 members (excludes halogenated alkanes) is 5. The summed E-state index contributed by atoms with van der Waals surface area (Å²) in [4.78, 5) is 68.7. The number of hydrogen-bond donors (Lipinski definition) is 22. The van der Waals surface area contributed by atoms with E-state index in [1.165, 1.54) is 12.2 Å². The fraction of sp³-hybridized carbons (Fsp3) is 0.850. The van der Waals surface area contributed by atoms with Gasteiger partial charge in [-0.2, -0.15) is 0 Å². The maximum Gasteiger partial charge on any atom is 0.249 e. The van der Waals surface area contributed by atoms with Crippen molar-refractivity contribution in [3.05, 3.63) is 36.5 Å². The van der Waals surface area contributed by atoms with E-state index >= 15 is 0 Å². The molecule has 0 heterocycles. The summed E-state index contributed by atoms with van der Waals surface area (Å²) in [5.41, 5.74) is 0. The van der Waals surface area contributed by atoms with Crippen molar-refractivity contribution in [1.29, 1.82) is 0 Å². The Labute approximate surface area is 654 Å². The summed E-state index contributed by atoms with van der Waals surface area (Å²) in [7, 11) is 0. The molecule has 22 N–H and O–H groups in total. The lowest BCUT2D eigenvalue weighted by Gasteiger charge is -2.23. The van der Waals surface area contributed by atoms with Gasteiger partial charge in [-0.15, -0.1) is 0 Å². The third-order valence-electron chi connectivity index (χ3n) is 15.1. The van der Waals surface area contributed by atoms with E-state index in [9.17, 15) is 79.8 Å². The second-order valence-corrected chi connectivity index (χ2v) is 24.4. The van der Waals surface area contributed by atoms with Crippen molar-refractivity contribution in [3.8, 4) is 0 Å². The zero-order chi connectivity index (χ0) is 85.8. The van der Waals surface area contributed by atoms with Crippen molar-refractivity contribution in [2.45, 2.75) is 403 Å². The molecule has 650 valence electrons. The van der Waals surface area contributed by atoms with Crippen LogP contribution >= 0.6 is 0 Å². The second kappa shape index (κ2) is 94.8. The minimum atomic E-state index is -1.09. The molecule has 16 atom stereocenters. The first-order valence-corrected chi connectivity index (χ1v) is 40.8. The van der Waals surface area contributed by atoms with Gasteiger partial charge in [0.2, 0.25) is 35.4 Å². The Hall–Kier alpha value is -4.60. The van der Waals surface area contributed by atoms with Crippen LogP contribution in [0, 0.1) is 0 Å². The minimum Gasteiger partial charge on any atom is -0.394 e. The number of rotatable bonds is 51. The number of carbonyl (C=O) groups is 6. The highest BCUT2D eigenvalue weighted by Crippen LogP contribution is 2.10. The van der Waals surface area contributed by atoms with Gasteiger partial charge in [0, 0.05) is 12.8 Å². The van der Waals surface area contributed by atoms with Crippen LogP contribution in [0.5, 0.6) is 0 Å². The van der Waals surface area contributed by atoms with Crippen LogP contribution in [0.3, 0.4) is 0 Å². The Balaban J connectivity index is -0.000000131. The van der Waals surface area contributed by atoms with E-state index in [1.807, 2.05) is 145 Å². The van der Waals surface area contributed by atoms with Gasteiger partial charge in [0.25, 0.3) is 0 Å². The van der Waals surface area contributed by atoms with Crippen molar-refractivity contribution in [2.24, 2.45) is 0 Å². The van der Waals surface area contributed by atoms with Gasteiger partial charge in [0.05, 0.1) is 113 Å². The van der Waals surface area contributed by atoms with E-state index in [-0.39, 0.29) is 51.5 Å². The number of amides is 6. The summed E-state index contributed by atoms with van der Waals surface area (Å²) in [5.74, 6) is -2.38. The second-order valence-electron chi connectivity index (χ2n) is 24.4. The highest BCUT2D eigenvalue weighted by atomic mass is 16.3. The summed E-state index contributed by atoms with van der Waals surface area (Å²) >= 11 is 0. The molecule has 0 aromatic heterocycles. The van der Waals surface area contributed by atoms with E-state index in [2.05, 4.69) is 31.9 Å². The molecule has 0 aliphatic heterocycles. The molecule has 28 nitrogen and oxygen atoms in total. The van der Waals surface area contributed by atoms with Gasteiger partial charge in [-0.05, 0) is 77.0 Å². The van der Waals surface area contributed by atoms with Crippen LogP contribution in [-0.2, 0) is 28.8 Å². The molecular weight excluding hydrogens is 1400 g/mol. The molecule has 0 aromatic rings. The molecule has 0 aromatic carbocycles. The lowest BCUT2D eigenvalue weighted by molar-refractivity contribution is -0.132. The monoisotopic (exact) mass is 1570 g/mol. The maximum atomic E-state index is 11.5. The van der Waals surface area contributed by atoms with Crippen LogP contribution in [0.2, 0.25) is 0 Å². The summed E-state index contributed by atoms with van der Waals surface area (Å²) < 4.78 is 0. The fourth-order valence-electron chi connectivity index (χ4n) is 8.55. The summed E-state index contributed by atoms with van der Waals surface area (Å²) in [5, 5.41) is 166. The smallest absolute Gasteiger partial charge is 0.249 e. The molecule has 0 bridgehead atoms. The number of carbonyl (C=O) groups excluding carboxylic acids is 6. The van der Waals surface area contributed by atoms with E-state index in [1.54, 1.807) is 18.2 Å². The third kappa shape index (κ3) is 76.8. The molecule has 0 fully saturated rings. The zero-order valence-electron chi connectivity index (χ0n) is 70.9. The predicted octanol–water partition coefficient (Wildman–Crippen LogP) is 6.54. The van der Waals surface area contributed by atoms with Crippen molar-refractivity contribution in [1.82, 2.24) is 31.9 Å². The topological polar surface area (TPSA) is 498 Å². The molecule has 6 amide bonds. The summed E-state index contributed by atoms with van der Waals surface area (Å²) in [6, 6.07) is -4.07. The van der Waals surface area contributed by atoms with Crippen molar-refractivity contribution in [2.75, 3.05) is 39.6 Å². The SMILES string of the molecule is CC.CC.CC.CC.CC/C=C/[C@@H](O)[C@H](CO)NC(=O)CCCC.CC/C=C/[C@@H](O)[C@H](CO)NC(=O)[C@@H](O)CCC.CC/C=C/[C@@H](O)[C@H](CO)NC(=O)[C@H](O)CCC.CCCCC(=O)N[C@@H](CO)[C@H](O)CCCC.CCCC[C@@H](O)[C@H](CO)NC(=O)[C@@H](O)CCC.CCCC[C@@H](O)[C@H](CO)NC(=O)[C@H](O)CCC. The third-order valence-corrected chi connectivity index (χ3v) is 15.1. The Morgan fingerprint density at radius 1 is 0.259 bits per heavy atom.